The molecule has 6 heteroatoms. The quantitative estimate of drug-likeness (QED) is 0.359. The Kier molecular flexibility index (Phi) is 8.10. The second kappa shape index (κ2) is 8.87. The van der Waals surface area contributed by atoms with Crippen molar-refractivity contribution >= 4 is 11.8 Å². The average Bonchev–Trinajstić information content (AvgIpc) is 2.26. The van der Waals surface area contributed by atoms with Crippen molar-refractivity contribution < 1.29 is 14.3 Å². The predicted octanol–water partition coefficient (Wildman–Crippen LogP) is -1.23. The molecule has 6 nitrogen and oxygen atoms in total. The molecule has 0 aromatic heterocycles. The summed E-state index contributed by atoms with van der Waals surface area (Å²) in [7, 11) is 1.54. The lowest BCUT2D eigenvalue weighted by Crippen LogP contribution is -2.45. The van der Waals surface area contributed by atoms with Crippen LogP contribution in [0.5, 0.6) is 0 Å². The molecule has 0 rings (SSSR count). The van der Waals surface area contributed by atoms with Crippen molar-refractivity contribution in [2.45, 2.75) is 12.5 Å². The minimum atomic E-state index is -0.649. The average molecular weight is 229 g/mol. The number of nitrogens with one attached hydrogen (secondary N) is 2. The molecule has 1 atom stereocenters. The van der Waals surface area contributed by atoms with Gasteiger partial charge in [0.25, 0.3) is 0 Å². The summed E-state index contributed by atoms with van der Waals surface area (Å²) >= 11 is 0. The van der Waals surface area contributed by atoms with Gasteiger partial charge in [0, 0.05) is 13.7 Å². The van der Waals surface area contributed by atoms with E-state index in [2.05, 4.69) is 17.2 Å². The van der Waals surface area contributed by atoms with Crippen LogP contribution < -0.4 is 16.4 Å². The van der Waals surface area contributed by atoms with Crippen LogP contribution in [0.1, 0.15) is 6.42 Å². The first-order valence-electron chi connectivity index (χ1n) is 5.01. The van der Waals surface area contributed by atoms with Crippen molar-refractivity contribution in [2.75, 3.05) is 26.8 Å². The van der Waals surface area contributed by atoms with Crippen molar-refractivity contribution in [3.8, 4) is 0 Å². The van der Waals surface area contributed by atoms with Crippen LogP contribution in [0.3, 0.4) is 0 Å². The van der Waals surface area contributed by atoms with Gasteiger partial charge >= 0.3 is 0 Å². The van der Waals surface area contributed by atoms with Crippen LogP contribution in [0.15, 0.2) is 12.7 Å². The molecule has 0 spiro atoms. The van der Waals surface area contributed by atoms with Gasteiger partial charge < -0.3 is 21.1 Å². The van der Waals surface area contributed by atoms with Gasteiger partial charge in [-0.3, -0.25) is 9.59 Å². The maximum absolute atomic E-state index is 11.3. The highest BCUT2D eigenvalue weighted by atomic mass is 16.5. The SMILES string of the molecule is C=CCC(N)C(=O)NCC(=O)NCCOC. The highest BCUT2D eigenvalue weighted by Gasteiger charge is 2.12. The fourth-order valence-corrected chi connectivity index (χ4v) is 0.940. The Bertz CT molecular complexity index is 243. The van der Waals surface area contributed by atoms with Crippen LogP contribution in [0, 0.1) is 0 Å². The largest absolute Gasteiger partial charge is 0.383 e. The smallest absolute Gasteiger partial charge is 0.239 e. The van der Waals surface area contributed by atoms with E-state index in [4.69, 9.17) is 10.5 Å². The van der Waals surface area contributed by atoms with E-state index >= 15 is 0 Å². The molecule has 0 aromatic carbocycles. The summed E-state index contributed by atoms with van der Waals surface area (Å²) in [6.07, 6.45) is 1.94. The maximum Gasteiger partial charge on any atom is 0.239 e. The monoisotopic (exact) mass is 229 g/mol. The minimum Gasteiger partial charge on any atom is -0.383 e. The molecule has 4 N–H and O–H groups in total. The minimum absolute atomic E-state index is 0.0760. The Hall–Kier alpha value is -1.40. The van der Waals surface area contributed by atoms with E-state index in [1.165, 1.54) is 0 Å². The second-order valence-electron chi connectivity index (χ2n) is 3.19. The van der Waals surface area contributed by atoms with Crippen molar-refractivity contribution in [3.63, 3.8) is 0 Å². The Balaban J connectivity index is 3.66. The van der Waals surface area contributed by atoms with Crippen molar-refractivity contribution in [1.82, 2.24) is 10.6 Å². The highest BCUT2D eigenvalue weighted by Crippen LogP contribution is 1.87. The van der Waals surface area contributed by atoms with Gasteiger partial charge in [0.05, 0.1) is 19.2 Å². The fourth-order valence-electron chi connectivity index (χ4n) is 0.940. The summed E-state index contributed by atoms with van der Waals surface area (Å²) in [5.41, 5.74) is 5.50. The molecule has 1 unspecified atom stereocenters. The Labute approximate surface area is 95.2 Å². The molecule has 0 heterocycles. The molecule has 0 radical (unpaired) electrons. The van der Waals surface area contributed by atoms with Crippen LogP contribution in [-0.2, 0) is 14.3 Å². The summed E-state index contributed by atoms with van der Waals surface area (Å²) in [4.78, 5) is 22.4. The van der Waals surface area contributed by atoms with E-state index in [9.17, 15) is 9.59 Å². The van der Waals surface area contributed by atoms with E-state index < -0.39 is 6.04 Å². The van der Waals surface area contributed by atoms with Crippen LogP contribution >= 0.6 is 0 Å². The molecule has 0 saturated carbocycles. The summed E-state index contributed by atoms with van der Waals surface area (Å²) in [5.74, 6) is -0.627. The van der Waals surface area contributed by atoms with Gasteiger partial charge in [0.15, 0.2) is 0 Å². The number of hydrogen-bond donors (Lipinski definition) is 3. The number of amides is 2. The third-order valence-electron chi connectivity index (χ3n) is 1.81. The molecule has 0 aliphatic carbocycles. The van der Waals surface area contributed by atoms with Gasteiger partial charge in [-0.05, 0) is 6.42 Å². The lowest BCUT2D eigenvalue weighted by atomic mass is 10.2. The Morgan fingerprint density at radius 3 is 2.75 bits per heavy atom. The van der Waals surface area contributed by atoms with E-state index in [-0.39, 0.29) is 18.4 Å². The van der Waals surface area contributed by atoms with Gasteiger partial charge in [-0.25, -0.2) is 0 Å². The van der Waals surface area contributed by atoms with E-state index in [0.717, 1.165) is 0 Å². The zero-order valence-electron chi connectivity index (χ0n) is 9.49. The highest BCUT2D eigenvalue weighted by molar-refractivity contribution is 5.87. The van der Waals surface area contributed by atoms with Gasteiger partial charge in [0.1, 0.15) is 0 Å². The number of carbonyl (C=O) groups is 2. The molecule has 0 aliphatic rings. The number of rotatable bonds is 8. The van der Waals surface area contributed by atoms with Gasteiger partial charge in [-0.1, -0.05) is 6.08 Å². The normalized spacial score (nSPS) is 11.6. The summed E-state index contributed by atoms with van der Waals surface area (Å²) in [6.45, 7) is 4.26. The number of ether oxygens (including phenoxy) is 1. The lowest BCUT2D eigenvalue weighted by molar-refractivity contribution is -0.126. The molecule has 0 aromatic rings. The third-order valence-corrected chi connectivity index (χ3v) is 1.81. The second-order valence-corrected chi connectivity index (χ2v) is 3.19. The zero-order chi connectivity index (χ0) is 12.4. The third kappa shape index (κ3) is 6.97. The number of hydrogen-bond acceptors (Lipinski definition) is 4. The summed E-state index contributed by atoms with van der Waals surface area (Å²) in [6, 6.07) is -0.649. The molecule has 0 saturated heterocycles. The predicted molar refractivity (Wildman–Crippen MR) is 60.7 cm³/mol. The first-order chi connectivity index (χ1) is 7.61. The number of methoxy groups -OCH3 is 1. The summed E-state index contributed by atoms with van der Waals surface area (Å²) in [5, 5.41) is 5.00. The van der Waals surface area contributed by atoms with Crippen LogP contribution in [0.25, 0.3) is 0 Å². The Morgan fingerprint density at radius 1 is 1.50 bits per heavy atom. The van der Waals surface area contributed by atoms with E-state index in [1.54, 1.807) is 13.2 Å². The van der Waals surface area contributed by atoms with Crippen LogP contribution in [0.2, 0.25) is 0 Å². The first kappa shape index (κ1) is 14.6. The van der Waals surface area contributed by atoms with Crippen LogP contribution in [0.4, 0.5) is 0 Å². The van der Waals surface area contributed by atoms with E-state index in [0.29, 0.717) is 19.6 Å². The number of nitrogens with two attached hydrogens (primary N) is 1. The first-order valence-corrected chi connectivity index (χ1v) is 5.01. The van der Waals surface area contributed by atoms with Crippen LogP contribution in [-0.4, -0.2) is 44.7 Å². The molecule has 2 amide bonds. The molecular formula is C10H19N3O3. The van der Waals surface area contributed by atoms with Gasteiger partial charge in [-0.15, -0.1) is 6.58 Å². The Morgan fingerprint density at radius 2 is 2.19 bits per heavy atom. The van der Waals surface area contributed by atoms with Gasteiger partial charge in [-0.2, -0.15) is 0 Å². The molecule has 92 valence electrons. The molecule has 16 heavy (non-hydrogen) atoms. The lowest BCUT2D eigenvalue weighted by Gasteiger charge is -2.10. The standard InChI is InChI=1S/C10H19N3O3/c1-3-4-8(11)10(15)13-7-9(14)12-5-6-16-2/h3,8H,1,4-7,11H2,2H3,(H,12,14)(H,13,15). The number of carbonyl (C=O) groups excluding carboxylic acids is 2. The zero-order valence-corrected chi connectivity index (χ0v) is 9.49. The van der Waals surface area contributed by atoms with Crippen molar-refractivity contribution in [3.05, 3.63) is 12.7 Å². The fraction of sp³-hybridized carbons (Fsp3) is 0.600. The topological polar surface area (TPSA) is 93.5 Å². The molecular weight excluding hydrogens is 210 g/mol. The van der Waals surface area contributed by atoms with Crippen molar-refractivity contribution in [1.29, 1.82) is 0 Å². The molecule has 0 bridgehead atoms. The molecule has 0 fully saturated rings. The van der Waals surface area contributed by atoms with E-state index in [1.807, 2.05) is 0 Å². The van der Waals surface area contributed by atoms with Gasteiger partial charge in [0.2, 0.25) is 11.8 Å². The maximum atomic E-state index is 11.3. The van der Waals surface area contributed by atoms with Crippen molar-refractivity contribution in [2.24, 2.45) is 5.73 Å². The summed E-state index contributed by atoms with van der Waals surface area (Å²) < 4.78 is 4.75. The molecule has 0 aliphatic heterocycles.